The van der Waals surface area contributed by atoms with E-state index < -0.39 is 0 Å². The number of ketones is 1. The van der Waals surface area contributed by atoms with Gasteiger partial charge in [0.05, 0.1) is 4.83 Å². The molecule has 1 atom stereocenters. The van der Waals surface area contributed by atoms with E-state index in [1.807, 2.05) is 13.8 Å². The minimum atomic E-state index is -0.232. The normalized spacial score (nSPS) is 12.9. The summed E-state index contributed by atoms with van der Waals surface area (Å²) in [6.45, 7) is 3.76. The van der Waals surface area contributed by atoms with Crippen LogP contribution in [-0.4, -0.2) is 10.6 Å². The third-order valence-corrected chi connectivity index (χ3v) is 3.81. The second-order valence-corrected chi connectivity index (χ2v) is 5.85. The maximum absolute atomic E-state index is 11.7. The number of benzene rings is 1. The fourth-order valence-corrected chi connectivity index (χ4v) is 2.77. The van der Waals surface area contributed by atoms with Gasteiger partial charge in [-0.3, -0.25) is 4.79 Å². The van der Waals surface area contributed by atoms with Crippen LogP contribution in [0, 0.1) is 5.92 Å². The summed E-state index contributed by atoms with van der Waals surface area (Å²) < 4.78 is 0. The monoisotopic (exact) mass is 322 g/mol. The minimum Gasteiger partial charge on any atom is -0.298 e. The zero-order chi connectivity index (χ0) is 12.3. The molecular formula is C12H13BrCl2O. The second-order valence-electron chi connectivity index (χ2n) is 3.93. The molecule has 4 heteroatoms. The van der Waals surface area contributed by atoms with Crippen molar-refractivity contribution in [2.75, 3.05) is 0 Å². The van der Waals surface area contributed by atoms with Gasteiger partial charge in [-0.05, 0) is 24.1 Å². The van der Waals surface area contributed by atoms with Gasteiger partial charge >= 0.3 is 0 Å². The van der Waals surface area contributed by atoms with Crippen LogP contribution in [0.5, 0.6) is 0 Å². The lowest BCUT2D eigenvalue weighted by Gasteiger charge is -2.13. The predicted octanol–water partition coefficient (Wildman–Crippen LogP) is 4.52. The van der Waals surface area contributed by atoms with Crippen LogP contribution < -0.4 is 0 Å². The van der Waals surface area contributed by atoms with Gasteiger partial charge in [0.25, 0.3) is 0 Å². The Balaban J connectivity index is 2.85. The van der Waals surface area contributed by atoms with Crippen molar-refractivity contribution >= 4 is 44.9 Å². The fourth-order valence-electron chi connectivity index (χ4n) is 1.37. The molecule has 0 amide bonds. The number of hydrogen-bond donors (Lipinski definition) is 0. The summed E-state index contributed by atoms with van der Waals surface area (Å²) in [5.41, 5.74) is 0.821. The molecule has 0 heterocycles. The van der Waals surface area contributed by atoms with Gasteiger partial charge in [-0.2, -0.15) is 0 Å². The molecule has 0 bridgehead atoms. The lowest BCUT2D eigenvalue weighted by atomic mass is 10.0. The van der Waals surface area contributed by atoms with Crippen molar-refractivity contribution in [3.63, 3.8) is 0 Å². The van der Waals surface area contributed by atoms with Crippen molar-refractivity contribution < 1.29 is 4.79 Å². The molecule has 0 spiro atoms. The van der Waals surface area contributed by atoms with Crippen molar-refractivity contribution in [1.29, 1.82) is 0 Å². The average Bonchev–Trinajstić information content (AvgIpc) is 2.22. The Morgan fingerprint density at radius 3 is 2.25 bits per heavy atom. The minimum absolute atomic E-state index is 0.00522. The zero-order valence-corrected chi connectivity index (χ0v) is 12.2. The van der Waals surface area contributed by atoms with Gasteiger partial charge in [-0.15, -0.1) is 0 Å². The molecular weight excluding hydrogens is 311 g/mol. The van der Waals surface area contributed by atoms with E-state index >= 15 is 0 Å². The standard InChI is InChI=1S/C12H13BrCl2O/c1-7(2)12(16)9(13)6-8-10(14)4-3-5-11(8)15/h3-5,7,9H,6H2,1-2H3. The highest BCUT2D eigenvalue weighted by Crippen LogP contribution is 2.27. The molecule has 0 radical (unpaired) electrons. The van der Waals surface area contributed by atoms with Crippen LogP contribution in [0.4, 0.5) is 0 Å². The highest BCUT2D eigenvalue weighted by atomic mass is 79.9. The Morgan fingerprint density at radius 2 is 1.81 bits per heavy atom. The number of hydrogen-bond acceptors (Lipinski definition) is 1. The van der Waals surface area contributed by atoms with Crippen molar-refractivity contribution in [2.45, 2.75) is 25.1 Å². The summed E-state index contributed by atoms with van der Waals surface area (Å²) in [5, 5.41) is 1.21. The zero-order valence-electron chi connectivity index (χ0n) is 9.14. The molecule has 0 aromatic heterocycles. The van der Waals surface area contributed by atoms with Crippen LogP contribution in [0.15, 0.2) is 18.2 Å². The maximum atomic E-state index is 11.7. The molecule has 1 nitrogen and oxygen atoms in total. The van der Waals surface area contributed by atoms with Crippen molar-refractivity contribution in [1.82, 2.24) is 0 Å². The first-order valence-corrected chi connectivity index (χ1v) is 6.71. The van der Waals surface area contributed by atoms with Crippen LogP contribution in [0.2, 0.25) is 10.0 Å². The Labute approximate surface area is 114 Å². The Bertz CT molecular complexity index is 370. The summed E-state index contributed by atoms with van der Waals surface area (Å²) in [7, 11) is 0. The summed E-state index contributed by atoms with van der Waals surface area (Å²) in [5.74, 6) is 0.168. The van der Waals surface area contributed by atoms with E-state index in [1.54, 1.807) is 18.2 Å². The molecule has 1 aromatic rings. The predicted molar refractivity (Wildman–Crippen MR) is 72.7 cm³/mol. The number of carbonyl (C=O) groups excluding carboxylic acids is 1. The van der Waals surface area contributed by atoms with Gasteiger partial charge in [-0.1, -0.05) is 59.0 Å². The van der Waals surface area contributed by atoms with E-state index in [0.717, 1.165) is 5.56 Å². The van der Waals surface area contributed by atoms with Crippen LogP contribution in [0.1, 0.15) is 19.4 Å². The number of carbonyl (C=O) groups is 1. The van der Waals surface area contributed by atoms with Crippen LogP contribution in [0.3, 0.4) is 0 Å². The highest BCUT2D eigenvalue weighted by molar-refractivity contribution is 9.10. The molecule has 0 fully saturated rings. The largest absolute Gasteiger partial charge is 0.298 e. The van der Waals surface area contributed by atoms with E-state index in [4.69, 9.17) is 23.2 Å². The third kappa shape index (κ3) is 3.47. The topological polar surface area (TPSA) is 17.1 Å². The number of rotatable bonds is 4. The first kappa shape index (κ1) is 14.0. The molecule has 16 heavy (non-hydrogen) atoms. The quantitative estimate of drug-likeness (QED) is 0.744. The first-order valence-electron chi connectivity index (χ1n) is 5.04. The Kier molecular flexibility index (Phi) is 5.29. The van der Waals surface area contributed by atoms with E-state index in [-0.39, 0.29) is 16.5 Å². The van der Waals surface area contributed by atoms with Gasteiger partial charge < -0.3 is 0 Å². The second kappa shape index (κ2) is 6.04. The highest BCUT2D eigenvalue weighted by Gasteiger charge is 2.20. The molecule has 0 aliphatic heterocycles. The summed E-state index contributed by atoms with van der Waals surface area (Å²) >= 11 is 15.5. The lowest BCUT2D eigenvalue weighted by molar-refractivity contribution is -0.121. The molecule has 88 valence electrons. The van der Waals surface area contributed by atoms with Crippen LogP contribution >= 0.6 is 39.1 Å². The van der Waals surface area contributed by atoms with Crippen LogP contribution in [-0.2, 0) is 11.2 Å². The van der Waals surface area contributed by atoms with Gasteiger partial charge in [0.1, 0.15) is 5.78 Å². The molecule has 0 saturated heterocycles. The first-order chi connectivity index (χ1) is 7.43. The van der Waals surface area contributed by atoms with Gasteiger partial charge in [0.2, 0.25) is 0 Å². The maximum Gasteiger partial charge on any atom is 0.149 e. The third-order valence-electron chi connectivity index (χ3n) is 2.32. The Hall–Kier alpha value is -0.0500. The van der Waals surface area contributed by atoms with E-state index in [0.29, 0.717) is 16.5 Å². The van der Waals surface area contributed by atoms with Crippen molar-refractivity contribution in [3.05, 3.63) is 33.8 Å². The molecule has 1 rings (SSSR count). The lowest BCUT2D eigenvalue weighted by Crippen LogP contribution is -2.22. The van der Waals surface area contributed by atoms with Crippen molar-refractivity contribution in [2.24, 2.45) is 5.92 Å². The van der Waals surface area contributed by atoms with Gasteiger partial charge in [0, 0.05) is 16.0 Å². The molecule has 1 aromatic carbocycles. The smallest absolute Gasteiger partial charge is 0.149 e. The SMILES string of the molecule is CC(C)C(=O)C(Br)Cc1c(Cl)cccc1Cl. The van der Waals surface area contributed by atoms with E-state index in [2.05, 4.69) is 15.9 Å². The number of halogens is 3. The summed E-state index contributed by atoms with van der Waals surface area (Å²) in [4.78, 5) is 11.5. The summed E-state index contributed by atoms with van der Waals surface area (Å²) in [6, 6.07) is 5.35. The molecule has 0 aliphatic carbocycles. The molecule has 0 saturated carbocycles. The van der Waals surface area contributed by atoms with Gasteiger partial charge in [-0.25, -0.2) is 0 Å². The molecule has 0 aliphatic rings. The Morgan fingerprint density at radius 1 is 1.31 bits per heavy atom. The summed E-state index contributed by atoms with van der Waals surface area (Å²) in [6.07, 6.45) is 0.523. The van der Waals surface area contributed by atoms with E-state index in [1.165, 1.54) is 0 Å². The number of alkyl halides is 1. The number of Topliss-reactive ketones (excluding diaryl/α,β-unsaturated/α-hetero) is 1. The molecule has 0 N–H and O–H groups in total. The molecule has 1 unspecified atom stereocenters. The average molecular weight is 324 g/mol. The van der Waals surface area contributed by atoms with E-state index in [9.17, 15) is 4.79 Å². The fraction of sp³-hybridized carbons (Fsp3) is 0.417. The van der Waals surface area contributed by atoms with Crippen LogP contribution in [0.25, 0.3) is 0 Å². The van der Waals surface area contributed by atoms with Gasteiger partial charge in [0.15, 0.2) is 0 Å². The van der Waals surface area contributed by atoms with Crippen molar-refractivity contribution in [3.8, 4) is 0 Å².